The molecule has 1 aliphatic carbocycles. The van der Waals surface area contributed by atoms with E-state index in [1.807, 2.05) is 0 Å². The van der Waals surface area contributed by atoms with Gasteiger partial charge in [0.2, 0.25) is 5.91 Å². The molecule has 16 heteroatoms. The van der Waals surface area contributed by atoms with Crippen molar-refractivity contribution in [2.24, 2.45) is 5.73 Å². The third kappa shape index (κ3) is 8.27. The van der Waals surface area contributed by atoms with Crippen LogP contribution in [0.25, 0.3) is 11.1 Å². The summed E-state index contributed by atoms with van der Waals surface area (Å²) in [6.07, 6.45) is -6.50. The van der Waals surface area contributed by atoms with Gasteiger partial charge in [-0.25, -0.2) is 18.2 Å². The molecule has 56 heavy (non-hydrogen) atoms. The van der Waals surface area contributed by atoms with E-state index in [1.54, 1.807) is 30.3 Å². The summed E-state index contributed by atoms with van der Waals surface area (Å²) in [5, 5.41) is 17.0. The molecule has 8 nitrogen and oxygen atoms in total. The average Bonchev–Trinajstić information content (AvgIpc) is 3.62. The van der Waals surface area contributed by atoms with Crippen LogP contribution in [0.1, 0.15) is 82.1 Å². The standard InChI is InChI=1S/C40H31F8N5O3/c1-21-19-39(44,45)36-33(21)35(40(46,47)48)52-53(36)20-32(54)51-31(16-22-14-25(41)18-26(42)15-22)34-28(23-8-11-30(43)29(17-23)37(49)55)10-9-27(50-34)12-13-38(2,56)24-6-4-3-5-7-24/h3-11,14-15,17-18,21,31,56H,16,19-20H2,1-2H3,(H2,49,55)(H,51,54)/t21-,31-,38?/m0/s1. The molecule has 1 aliphatic rings. The average molecular weight is 782 g/mol. The Balaban J connectivity index is 1.49. The molecule has 0 spiro atoms. The number of hydrogen-bond donors (Lipinski definition) is 3. The van der Waals surface area contributed by atoms with E-state index in [1.165, 1.54) is 32.0 Å². The summed E-state index contributed by atoms with van der Waals surface area (Å²) in [6, 6.07) is 15.5. The maximum Gasteiger partial charge on any atom is 0.435 e. The van der Waals surface area contributed by atoms with Gasteiger partial charge in [-0.2, -0.15) is 27.1 Å². The van der Waals surface area contributed by atoms with Crippen LogP contribution in [-0.4, -0.2) is 31.7 Å². The van der Waals surface area contributed by atoms with E-state index in [2.05, 4.69) is 27.2 Å². The summed E-state index contributed by atoms with van der Waals surface area (Å²) >= 11 is 0. The van der Waals surface area contributed by atoms with Crippen molar-refractivity contribution in [1.82, 2.24) is 20.1 Å². The van der Waals surface area contributed by atoms with Gasteiger partial charge >= 0.3 is 6.18 Å². The van der Waals surface area contributed by atoms with Crippen LogP contribution in [0.15, 0.2) is 78.9 Å². The number of aliphatic hydroxyl groups is 1. The lowest BCUT2D eigenvalue weighted by atomic mass is 9.93. The lowest BCUT2D eigenvalue weighted by Crippen LogP contribution is -2.35. The zero-order valence-electron chi connectivity index (χ0n) is 29.5. The Morgan fingerprint density at radius 2 is 1.70 bits per heavy atom. The molecular formula is C40H31F8N5O3. The van der Waals surface area contributed by atoms with Crippen LogP contribution >= 0.6 is 0 Å². The van der Waals surface area contributed by atoms with Gasteiger partial charge in [0, 0.05) is 23.6 Å². The summed E-state index contributed by atoms with van der Waals surface area (Å²) in [4.78, 5) is 30.4. The number of aromatic nitrogens is 3. The first-order chi connectivity index (χ1) is 26.2. The Kier molecular flexibility index (Phi) is 10.5. The molecule has 0 aliphatic heterocycles. The molecule has 3 atom stereocenters. The maximum absolute atomic E-state index is 15.1. The zero-order valence-corrected chi connectivity index (χ0v) is 29.5. The number of alkyl halides is 5. The van der Waals surface area contributed by atoms with E-state index in [4.69, 9.17) is 5.73 Å². The van der Waals surface area contributed by atoms with E-state index >= 15 is 8.78 Å². The van der Waals surface area contributed by atoms with Crippen molar-refractivity contribution in [3.8, 4) is 23.0 Å². The normalized spacial score (nSPS) is 16.3. The van der Waals surface area contributed by atoms with Crippen molar-refractivity contribution in [3.05, 3.63) is 141 Å². The fourth-order valence-electron chi connectivity index (χ4n) is 6.75. The molecule has 1 unspecified atom stereocenters. The molecule has 0 fully saturated rings. The minimum absolute atomic E-state index is 0.0183. The van der Waals surface area contributed by atoms with Gasteiger partial charge < -0.3 is 16.2 Å². The van der Waals surface area contributed by atoms with Crippen LogP contribution in [0.3, 0.4) is 0 Å². The van der Waals surface area contributed by atoms with Crippen molar-refractivity contribution in [2.75, 3.05) is 0 Å². The van der Waals surface area contributed by atoms with Gasteiger partial charge in [-0.3, -0.25) is 14.3 Å². The van der Waals surface area contributed by atoms with Gasteiger partial charge in [0.05, 0.1) is 17.3 Å². The number of fused-ring (bicyclic) bond motifs is 1. The number of pyridine rings is 1. The molecule has 0 saturated carbocycles. The van der Waals surface area contributed by atoms with Gasteiger partial charge in [-0.15, -0.1) is 0 Å². The highest BCUT2D eigenvalue weighted by Gasteiger charge is 2.53. The molecule has 2 amide bonds. The second-order valence-corrected chi connectivity index (χ2v) is 13.6. The molecule has 290 valence electrons. The Labute approximate surface area is 314 Å². The molecule has 3 aromatic carbocycles. The Hall–Kier alpha value is -6.08. The molecule has 6 rings (SSSR count). The lowest BCUT2D eigenvalue weighted by Gasteiger charge is -2.23. The number of rotatable bonds is 9. The number of hydrogen-bond acceptors (Lipinski definition) is 5. The fraction of sp³-hybridized carbons (Fsp3) is 0.250. The molecular weight excluding hydrogens is 750 g/mol. The van der Waals surface area contributed by atoms with Crippen LogP contribution in [0.5, 0.6) is 0 Å². The van der Waals surface area contributed by atoms with Crippen LogP contribution in [0, 0.1) is 29.3 Å². The Bertz CT molecular complexity index is 2380. The van der Waals surface area contributed by atoms with Gasteiger partial charge in [0.25, 0.3) is 11.8 Å². The summed E-state index contributed by atoms with van der Waals surface area (Å²) in [6.45, 7) is 1.49. The lowest BCUT2D eigenvalue weighted by molar-refractivity contribution is -0.142. The predicted octanol–water partition coefficient (Wildman–Crippen LogP) is 7.44. The highest BCUT2D eigenvalue weighted by molar-refractivity contribution is 5.94. The van der Waals surface area contributed by atoms with Crippen molar-refractivity contribution < 1.29 is 49.8 Å². The minimum Gasteiger partial charge on any atom is -0.374 e. The van der Waals surface area contributed by atoms with E-state index in [-0.39, 0.29) is 32.8 Å². The van der Waals surface area contributed by atoms with E-state index in [0.717, 1.165) is 24.3 Å². The predicted molar refractivity (Wildman–Crippen MR) is 186 cm³/mol. The van der Waals surface area contributed by atoms with Gasteiger partial charge in [0.15, 0.2) is 5.69 Å². The number of nitrogens with zero attached hydrogens (tertiary/aromatic N) is 3. The Morgan fingerprint density at radius 3 is 2.34 bits per heavy atom. The smallest absolute Gasteiger partial charge is 0.374 e. The third-order valence-electron chi connectivity index (χ3n) is 9.22. The largest absolute Gasteiger partial charge is 0.435 e. The number of primary amides is 1. The molecule has 2 heterocycles. The first kappa shape index (κ1) is 39.6. The molecule has 2 aromatic heterocycles. The summed E-state index contributed by atoms with van der Waals surface area (Å²) in [7, 11) is 0. The number of nitrogens with two attached hydrogens (primary N) is 1. The van der Waals surface area contributed by atoms with Crippen LogP contribution in [-0.2, 0) is 35.5 Å². The summed E-state index contributed by atoms with van der Waals surface area (Å²) in [5.41, 5.74) is 0.303. The number of benzene rings is 3. The SMILES string of the molecule is C[C@H]1CC(F)(F)c2c1c(C(F)(F)F)nn2CC(=O)N[C@@H](Cc1cc(F)cc(F)c1)c1nc(C#CC(C)(O)c2ccccc2)ccc1-c1ccc(F)c(C(N)=O)c1. The number of halogens is 8. The number of carbonyl (C=O) groups is 2. The van der Waals surface area contributed by atoms with Gasteiger partial charge in [-0.05, 0) is 78.3 Å². The zero-order chi connectivity index (χ0) is 40.7. The first-order valence-corrected chi connectivity index (χ1v) is 17.0. The molecule has 4 N–H and O–H groups in total. The van der Waals surface area contributed by atoms with Gasteiger partial charge in [-0.1, -0.05) is 49.2 Å². The van der Waals surface area contributed by atoms with E-state index in [9.17, 15) is 41.0 Å². The van der Waals surface area contributed by atoms with Crippen LogP contribution in [0.2, 0.25) is 0 Å². The van der Waals surface area contributed by atoms with Crippen LogP contribution in [0.4, 0.5) is 35.1 Å². The first-order valence-electron chi connectivity index (χ1n) is 17.0. The van der Waals surface area contributed by atoms with Gasteiger partial charge in [0.1, 0.15) is 41.0 Å². The highest BCUT2D eigenvalue weighted by Crippen LogP contribution is 2.52. The number of carbonyl (C=O) groups excluding carboxylic acids is 2. The topological polar surface area (TPSA) is 123 Å². The second-order valence-electron chi connectivity index (χ2n) is 13.6. The summed E-state index contributed by atoms with van der Waals surface area (Å²) in [5.74, 6) is -4.75. The molecule has 0 radical (unpaired) electrons. The van der Waals surface area contributed by atoms with Crippen molar-refractivity contribution >= 4 is 11.8 Å². The minimum atomic E-state index is -5.12. The van der Waals surface area contributed by atoms with E-state index < -0.39 is 101 Å². The number of nitrogens with one attached hydrogen (secondary N) is 1. The van der Waals surface area contributed by atoms with Crippen molar-refractivity contribution in [2.45, 2.75) is 62.9 Å². The second kappa shape index (κ2) is 14.9. The van der Waals surface area contributed by atoms with E-state index in [0.29, 0.717) is 11.6 Å². The van der Waals surface area contributed by atoms with Crippen molar-refractivity contribution in [3.63, 3.8) is 0 Å². The number of amides is 2. The maximum atomic E-state index is 15.1. The third-order valence-corrected chi connectivity index (χ3v) is 9.22. The van der Waals surface area contributed by atoms with Crippen molar-refractivity contribution in [1.29, 1.82) is 0 Å². The summed E-state index contributed by atoms with van der Waals surface area (Å²) < 4.78 is 116. The van der Waals surface area contributed by atoms with Crippen LogP contribution < -0.4 is 11.1 Å². The highest BCUT2D eigenvalue weighted by atomic mass is 19.4. The monoisotopic (exact) mass is 781 g/mol. The molecule has 0 saturated heterocycles. The quantitative estimate of drug-likeness (QED) is 0.106. The Morgan fingerprint density at radius 1 is 1.02 bits per heavy atom. The molecule has 5 aromatic rings. The fourth-order valence-corrected chi connectivity index (χ4v) is 6.75. The molecule has 0 bridgehead atoms.